The topological polar surface area (TPSA) is 12.0 Å². The number of thioether (sulfide) groups is 1. The summed E-state index contributed by atoms with van der Waals surface area (Å²) in [4.78, 5) is 0. The summed E-state index contributed by atoms with van der Waals surface area (Å²) < 4.78 is 13.2. The van der Waals surface area contributed by atoms with E-state index in [9.17, 15) is 4.39 Å². The van der Waals surface area contributed by atoms with E-state index in [2.05, 4.69) is 29.6 Å². The summed E-state index contributed by atoms with van der Waals surface area (Å²) in [6.07, 6.45) is 2.49. The van der Waals surface area contributed by atoms with Crippen LogP contribution in [0.4, 0.5) is 4.39 Å². The van der Waals surface area contributed by atoms with Crippen LogP contribution in [0.25, 0.3) is 0 Å². The molecule has 1 nitrogen and oxygen atoms in total. The maximum atomic E-state index is 13.2. The van der Waals surface area contributed by atoms with Crippen LogP contribution in [0.2, 0.25) is 0 Å². The molecule has 0 aliphatic carbocycles. The molecular formula is C18H20FNS. The summed E-state index contributed by atoms with van der Waals surface area (Å²) in [5, 5.41) is 3.76. The van der Waals surface area contributed by atoms with Crippen molar-refractivity contribution >= 4 is 11.8 Å². The SMILES string of the molecule is Fc1ccc(C(NC2CCCSC2)c2ccccc2)cc1. The molecule has 1 N–H and O–H groups in total. The van der Waals surface area contributed by atoms with E-state index < -0.39 is 0 Å². The first-order valence-corrected chi connectivity index (χ1v) is 8.62. The van der Waals surface area contributed by atoms with Crippen LogP contribution in [0.1, 0.15) is 30.0 Å². The minimum atomic E-state index is -0.182. The van der Waals surface area contributed by atoms with Crippen molar-refractivity contribution < 1.29 is 4.39 Å². The molecule has 0 radical (unpaired) electrons. The molecule has 2 aromatic rings. The van der Waals surface area contributed by atoms with E-state index in [1.807, 2.05) is 30.0 Å². The molecule has 21 heavy (non-hydrogen) atoms. The highest BCUT2D eigenvalue weighted by Crippen LogP contribution is 2.26. The second-order valence-electron chi connectivity index (χ2n) is 5.48. The Labute approximate surface area is 130 Å². The van der Waals surface area contributed by atoms with E-state index in [1.54, 1.807) is 12.1 Å². The Hall–Kier alpha value is -1.32. The fourth-order valence-electron chi connectivity index (χ4n) is 2.79. The quantitative estimate of drug-likeness (QED) is 0.898. The van der Waals surface area contributed by atoms with Gasteiger partial charge in [0.1, 0.15) is 5.82 Å². The van der Waals surface area contributed by atoms with Gasteiger partial charge < -0.3 is 5.32 Å². The molecule has 0 saturated carbocycles. The second-order valence-corrected chi connectivity index (χ2v) is 6.63. The van der Waals surface area contributed by atoms with E-state index in [4.69, 9.17) is 0 Å². The highest BCUT2D eigenvalue weighted by Gasteiger charge is 2.20. The first-order chi connectivity index (χ1) is 10.3. The molecule has 2 atom stereocenters. The summed E-state index contributed by atoms with van der Waals surface area (Å²) in [6, 6.07) is 17.9. The number of nitrogens with one attached hydrogen (secondary N) is 1. The zero-order chi connectivity index (χ0) is 14.5. The third-order valence-electron chi connectivity index (χ3n) is 3.90. The maximum absolute atomic E-state index is 13.2. The van der Waals surface area contributed by atoms with Crippen molar-refractivity contribution in [3.8, 4) is 0 Å². The summed E-state index contributed by atoms with van der Waals surface area (Å²) >= 11 is 2.02. The third kappa shape index (κ3) is 3.86. The van der Waals surface area contributed by atoms with Crippen molar-refractivity contribution in [1.29, 1.82) is 0 Å². The molecule has 1 aliphatic heterocycles. The van der Waals surface area contributed by atoms with Gasteiger partial charge in [0.05, 0.1) is 6.04 Å². The lowest BCUT2D eigenvalue weighted by atomic mass is 9.97. The fourth-order valence-corrected chi connectivity index (χ4v) is 3.88. The molecule has 1 heterocycles. The van der Waals surface area contributed by atoms with Gasteiger partial charge in [-0.25, -0.2) is 4.39 Å². The molecule has 2 aromatic carbocycles. The molecule has 1 saturated heterocycles. The fraction of sp³-hybridized carbons (Fsp3) is 0.333. The monoisotopic (exact) mass is 301 g/mol. The number of halogens is 1. The van der Waals surface area contributed by atoms with Gasteiger partial charge in [-0.1, -0.05) is 42.5 Å². The van der Waals surface area contributed by atoms with Gasteiger partial charge in [-0.3, -0.25) is 0 Å². The Kier molecular flexibility index (Phi) is 4.94. The predicted octanol–water partition coefficient (Wildman–Crippen LogP) is 4.40. The van der Waals surface area contributed by atoms with Crippen LogP contribution in [0.3, 0.4) is 0 Å². The first-order valence-electron chi connectivity index (χ1n) is 7.47. The molecular weight excluding hydrogens is 281 g/mol. The zero-order valence-electron chi connectivity index (χ0n) is 12.0. The lowest BCUT2D eigenvalue weighted by molar-refractivity contribution is 0.468. The largest absolute Gasteiger partial charge is 0.303 e. The minimum Gasteiger partial charge on any atom is -0.303 e. The van der Waals surface area contributed by atoms with Gasteiger partial charge in [-0.05, 0) is 41.9 Å². The number of hydrogen-bond donors (Lipinski definition) is 1. The highest BCUT2D eigenvalue weighted by molar-refractivity contribution is 7.99. The molecule has 110 valence electrons. The van der Waals surface area contributed by atoms with Gasteiger partial charge in [0.15, 0.2) is 0 Å². The Morgan fingerprint density at radius 1 is 1.00 bits per heavy atom. The maximum Gasteiger partial charge on any atom is 0.123 e. The van der Waals surface area contributed by atoms with Gasteiger partial charge in [0.25, 0.3) is 0 Å². The van der Waals surface area contributed by atoms with Crippen LogP contribution >= 0.6 is 11.8 Å². The molecule has 2 unspecified atom stereocenters. The van der Waals surface area contributed by atoms with Crippen LogP contribution in [0.15, 0.2) is 54.6 Å². The van der Waals surface area contributed by atoms with Crippen molar-refractivity contribution in [2.24, 2.45) is 0 Å². The van der Waals surface area contributed by atoms with E-state index in [1.165, 1.54) is 24.2 Å². The van der Waals surface area contributed by atoms with Crippen molar-refractivity contribution in [3.05, 3.63) is 71.5 Å². The van der Waals surface area contributed by atoms with Gasteiger partial charge in [0.2, 0.25) is 0 Å². The van der Waals surface area contributed by atoms with Gasteiger partial charge >= 0.3 is 0 Å². The molecule has 3 rings (SSSR count). The van der Waals surface area contributed by atoms with Gasteiger partial charge in [0, 0.05) is 11.8 Å². The molecule has 0 amide bonds. The third-order valence-corrected chi connectivity index (χ3v) is 5.11. The molecule has 3 heteroatoms. The lowest BCUT2D eigenvalue weighted by Gasteiger charge is -2.29. The van der Waals surface area contributed by atoms with Crippen LogP contribution in [-0.2, 0) is 0 Å². The number of benzene rings is 2. The number of hydrogen-bond acceptors (Lipinski definition) is 2. The van der Waals surface area contributed by atoms with Crippen molar-refractivity contribution in [1.82, 2.24) is 5.32 Å². The summed E-state index contributed by atoms with van der Waals surface area (Å²) in [7, 11) is 0. The molecule has 0 aromatic heterocycles. The smallest absolute Gasteiger partial charge is 0.123 e. The molecule has 0 spiro atoms. The lowest BCUT2D eigenvalue weighted by Crippen LogP contribution is -2.37. The normalized spacial score (nSPS) is 20.1. The highest BCUT2D eigenvalue weighted by atomic mass is 32.2. The van der Waals surface area contributed by atoms with E-state index >= 15 is 0 Å². The van der Waals surface area contributed by atoms with Crippen LogP contribution in [-0.4, -0.2) is 17.5 Å². The summed E-state index contributed by atoms with van der Waals surface area (Å²) in [6.45, 7) is 0. The van der Waals surface area contributed by atoms with Gasteiger partial charge in [-0.2, -0.15) is 11.8 Å². The Morgan fingerprint density at radius 2 is 1.71 bits per heavy atom. The standard InChI is InChI=1S/C18H20FNS/c19-16-10-8-15(9-11-16)18(14-5-2-1-3-6-14)20-17-7-4-12-21-13-17/h1-3,5-6,8-11,17-18,20H,4,7,12-13H2. The average Bonchev–Trinajstić information content (AvgIpc) is 2.55. The Bertz CT molecular complexity index is 549. The van der Waals surface area contributed by atoms with Crippen molar-refractivity contribution in [2.45, 2.75) is 24.9 Å². The second kappa shape index (κ2) is 7.10. The Balaban J connectivity index is 1.85. The van der Waals surface area contributed by atoms with Crippen molar-refractivity contribution in [3.63, 3.8) is 0 Å². The van der Waals surface area contributed by atoms with Crippen LogP contribution in [0, 0.1) is 5.82 Å². The molecule has 0 bridgehead atoms. The molecule has 1 aliphatic rings. The minimum absolute atomic E-state index is 0.135. The first kappa shape index (κ1) is 14.6. The Morgan fingerprint density at radius 3 is 2.38 bits per heavy atom. The molecule has 1 fully saturated rings. The average molecular weight is 301 g/mol. The van der Waals surface area contributed by atoms with Crippen molar-refractivity contribution in [2.75, 3.05) is 11.5 Å². The van der Waals surface area contributed by atoms with E-state index in [0.29, 0.717) is 6.04 Å². The van der Waals surface area contributed by atoms with Gasteiger partial charge in [-0.15, -0.1) is 0 Å². The van der Waals surface area contributed by atoms with Crippen LogP contribution < -0.4 is 5.32 Å². The summed E-state index contributed by atoms with van der Waals surface area (Å²) in [5.74, 6) is 2.24. The zero-order valence-corrected chi connectivity index (χ0v) is 12.8. The van der Waals surface area contributed by atoms with E-state index in [0.717, 1.165) is 11.3 Å². The predicted molar refractivity (Wildman–Crippen MR) is 88.2 cm³/mol. The van der Waals surface area contributed by atoms with E-state index in [-0.39, 0.29) is 11.9 Å². The summed E-state index contributed by atoms with van der Waals surface area (Å²) in [5.41, 5.74) is 2.36. The van der Waals surface area contributed by atoms with Crippen LogP contribution in [0.5, 0.6) is 0 Å². The number of rotatable bonds is 4.